The topological polar surface area (TPSA) is 60.7 Å². The molecule has 0 aliphatic heterocycles. The van der Waals surface area contributed by atoms with Crippen molar-refractivity contribution < 1.29 is 15.3 Å². The lowest BCUT2D eigenvalue weighted by Crippen LogP contribution is -2.68. The number of fused-ring (bicyclic) bond motifs is 7. The number of aliphatic hydroxyl groups excluding tert-OH is 3. The van der Waals surface area contributed by atoms with Gasteiger partial charge in [0, 0.05) is 0 Å². The first-order valence-electron chi connectivity index (χ1n) is 13.9. The van der Waals surface area contributed by atoms with Crippen molar-refractivity contribution in [2.24, 2.45) is 50.2 Å². The Balaban J connectivity index is 1.63. The quantitative estimate of drug-likeness (QED) is 0.415. The maximum Gasteiger partial charge on any atom is 0.0657 e. The molecule has 9 atom stereocenters. The monoisotopic (exact) mass is 458 g/mol. The van der Waals surface area contributed by atoms with Crippen LogP contribution in [0.2, 0.25) is 0 Å². The Morgan fingerprint density at radius 2 is 1.52 bits per heavy atom. The van der Waals surface area contributed by atoms with Gasteiger partial charge in [0.1, 0.15) is 0 Å². The molecule has 4 saturated carbocycles. The summed E-state index contributed by atoms with van der Waals surface area (Å²) in [5, 5.41) is 33.7. The van der Waals surface area contributed by atoms with E-state index < -0.39 is 17.6 Å². The molecule has 3 N–H and O–H groups in total. The van der Waals surface area contributed by atoms with Crippen molar-refractivity contribution in [3.05, 3.63) is 11.6 Å². The van der Waals surface area contributed by atoms with E-state index in [0.717, 1.165) is 18.8 Å². The maximum absolute atomic E-state index is 11.7. The molecule has 5 rings (SSSR count). The van der Waals surface area contributed by atoms with Gasteiger partial charge < -0.3 is 15.3 Å². The van der Waals surface area contributed by atoms with E-state index in [1.54, 1.807) is 0 Å². The molecule has 0 amide bonds. The summed E-state index contributed by atoms with van der Waals surface area (Å²) < 4.78 is 0. The molecular weight excluding hydrogens is 408 g/mol. The SMILES string of the molecule is CC1(C)CC(O)[C@]2(CO)C(O)C[C@]3(C)C(=CC[C@@H]4[C@@]5(C)CCCC(C)(C)[C@@H]5CC[C@]43C)[C@@H]2C1. The van der Waals surface area contributed by atoms with Crippen LogP contribution >= 0.6 is 0 Å². The van der Waals surface area contributed by atoms with E-state index in [0.29, 0.717) is 29.6 Å². The van der Waals surface area contributed by atoms with Crippen molar-refractivity contribution in [3.8, 4) is 0 Å². The summed E-state index contributed by atoms with van der Waals surface area (Å²) >= 11 is 0. The molecule has 0 radical (unpaired) electrons. The molecule has 188 valence electrons. The van der Waals surface area contributed by atoms with E-state index in [4.69, 9.17) is 0 Å². The molecule has 0 aromatic heterocycles. The number of allylic oxidation sites excluding steroid dienone is 2. The van der Waals surface area contributed by atoms with Crippen LogP contribution in [-0.4, -0.2) is 34.1 Å². The Bertz CT molecular complexity index is 843. The van der Waals surface area contributed by atoms with Crippen molar-refractivity contribution in [2.45, 2.75) is 118 Å². The van der Waals surface area contributed by atoms with Crippen LogP contribution in [0.25, 0.3) is 0 Å². The minimum atomic E-state index is -0.808. The van der Waals surface area contributed by atoms with Crippen LogP contribution in [-0.2, 0) is 0 Å². The fourth-order valence-electron chi connectivity index (χ4n) is 11.0. The van der Waals surface area contributed by atoms with Crippen LogP contribution < -0.4 is 0 Å². The predicted octanol–water partition coefficient (Wildman–Crippen LogP) is 6.11. The molecule has 5 aliphatic carbocycles. The summed E-state index contributed by atoms with van der Waals surface area (Å²) in [7, 11) is 0. The summed E-state index contributed by atoms with van der Waals surface area (Å²) in [6, 6.07) is 0. The second kappa shape index (κ2) is 7.10. The lowest BCUT2D eigenvalue weighted by molar-refractivity contribution is -0.228. The van der Waals surface area contributed by atoms with Gasteiger partial charge in [-0.2, -0.15) is 0 Å². The molecule has 2 unspecified atom stereocenters. The Hall–Kier alpha value is -0.380. The van der Waals surface area contributed by atoms with Gasteiger partial charge in [-0.3, -0.25) is 0 Å². The van der Waals surface area contributed by atoms with E-state index in [-0.39, 0.29) is 28.8 Å². The van der Waals surface area contributed by atoms with Gasteiger partial charge in [-0.05, 0) is 96.2 Å². The number of hydrogen-bond donors (Lipinski definition) is 3. The van der Waals surface area contributed by atoms with Crippen LogP contribution in [0, 0.1) is 50.2 Å². The lowest BCUT2D eigenvalue weighted by Gasteiger charge is -2.72. The van der Waals surface area contributed by atoms with Gasteiger partial charge in [-0.15, -0.1) is 0 Å². The highest BCUT2D eigenvalue weighted by Crippen LogP contribution is 2.75. The van der Waals surface area contributed by atoms with Gasteiger partial charge in [0.05, 0.1) is 24.2 Å². The van der Waals surface area contributed by atoms with E-state index in [9.17, 15) is 15.3 Å². The van der Waals surface area contributed by atoms with Crippen LogP contribution in [0.15, 0.2) is 11.6 Å². The molecule has 0 bridgehead atoms. The lowest BCUT2D eigenvalue weighted by atomic mass is 9.33. The fourth-order valence-corrected chi connectivity index (χ4v) is 11.0. The second-order valence-electron chi connectivity index (χ2n) is 15.3. The average molecular weight is 459 g/mol. The van der Waals surface area contributed by atoms with Crippen molar-refractivity contribution in [2.75, 3.05) is 6.61 Å². The van der Waals surface area contributed by atoms with E-state index in [1.165, 1.54) is 37.7 Å². The van der Waals surface area contributed by atoms with E-state index >= 15 is 0 Å². The van der Waals surface area contributed by atoms with Crippen LogP contribution in [0.5, 0.6) is 0 Å². The third kappa shape index (κ3) is 2.91. The molecule has 0 aromatic rings. The largest absolute Gasteiger partial charge is 0.396 e. The Morgan fingerprint density at radius 1 is 0.848 bits per heavy atom. The third-order valence-corrected chi connectivity index (χ3v) is 12.9. The summed E-state index contributed by atoms with van der Waals surface area (Å²) in [5.41, 5.74) is 1.49. The molecule has 0 aromatic carbocycles. The van der Waals surface area contributed by atoms with Gasteiger partial charge in [0.2, 0.25) is 0 Å². The molecule has 3 nitrogen and oxygen atoms in total. The zero-order chi connectivity index (χ0) is 24.2. The molecule has 33 heavy (non-hydrogen) atoms. The van der Waals surface area contributed by atoms with Crippen molar-refractivity contribution in [3.63, 3.8) is 0 Å². The highest BCUT2D eigenvalue weighted by molar-refractivity contribution is 5.35. The first kappa shape index (κ1) is 24.3. The molecule has 5 aliphatic rings. The normalized spacial score (nSPS) is 54.8. The first-order valence-corrected chi connectivity index (χ1v) is 13.9. The first-order chi connectivity index (χ1) is 15.2. The Kier molecular flexibility index (Phi) is 5.23. The highest BCUT2D eigenvalue weighted by Gasteiger charge is 2.70. The minimum Gasteiger partial charge on any atom is -0.396 e. The van der Waals surface area contributed by atoms with Crippen molar-refractivity contribution in [1.82, 2.24) is 0 Å². The molecular formula is C30H50O3. The number of rotatable bonds is 1. The van der Waals surface area contributed by atoms with Gasteiger partial charge in [0.15, 0.2) is 0 Å². The zero-order valence-electron chi connectivity index (χ0n) is 22.4. The minimum absolute atomic E-state index is 0.0103. The van der Waals surface area contributed by atoms with Gasteiger partial charge in [-0.1, -0.05) is 66.5 Å². The molecule has 0 saturated heterocycles. The van der Waals surface area contributed by atoms with Crippen molar-refractivity contribution >= 4 is 0 Å². The standard InChI is InChI=1S/C30H50O3/c1-25(2)15-20-19-9-10-22-27(5)13-8-12-26(3,4)21(27)11-14-28(22,6)29(19,7)17-24(33)30(20,18-31)23(32)16-25/h9,20-24,31-33H,8,10-18H2,1-7H3/t20-,21-,22+,23?,24?,27-,28+,29+,30+/m0/s1. The van der Waals surface area contributed by atoms with Crippen molar-refractivity contribution in [1.29, 1.82) is 0 Å². The Labute approximate surface area is 202 Å². The summed E-state index contributed by atoms with van der Waals surface area (Å²) in [6.45, 7) is 17.0. The van der Waals surface area contributed by atoms with Crippen LogP contribution in [0.1, 0.15) is 106 Å². The fraction of sp³-hybridized carbons (Fsp3) is 0.933. The highest BCUT2D eigenvalue weighted by atomic mass is 16.3. The summed E-state index contributed by atoms with van der Waals surface area (Å²) in [6.07, 6.45) is 11.2. The molecule has 4 fully saturated rings. The van der Waals surface area contributed by atoms with E-state index in [2.05, 4.69) is 54.5 Å². The maximum atomic E-state index is 11.7. The average Bonchev–Trinajstić information content (AvgIpc) is 2.67. The molecule has 0 heterocycles. The number of aliphatic hydroxyl groups is 3. The van der Waals surface area contributed by atoms with Crippen LogP contribution in [0.3, 0.4) is 0 Å². The molecule has 0 spiro atoms. The predicted molar refractivity (Wildman–Crippen MR) is 134 cm³/mol. The second-order valence-corrected chi connectivity index (χ2v) is 15.3. The summed E-state index contributed by atoms with van der Waals surface area (Å²) in [4.78, 5) is 0. The smallest absolute Gasteiger partial charge is 0.0657 e. The van der Waals surface area contributed by atoms with Gasteiger partial charge >= 0.3 is 0 Å². The zero-order valence-corrected chi connectivity index (χ0v) is 22.4. The Morgan fingerprint density at radius 3 is 2.18 bits per heavy atom. The summed E-state index contributed by atoms with van der Waals surface area (Å²) in [5.74, 6) is 1.46. The number of hydrogen-bond acceptors (Lipinski definition) is 3. The van der Waals surface area contributed by atoms with Gasteiger partial charge in [0.25, 0.3) is 0 Å². The molecule has 3 heteroatoms. The van der Waals surface area contributed by atoms with E-state index in [1.807, 2.05) is 0 Å². The van der Waals surface area contributed by atoms with Crippen LogP contribution in [0.4, 0.5) is 0 Å². The van der Waals surface area contributed by atoms with Gasteiger partial charge in [-0.25, -0.2) is 0 Å². The third-order valence-electron chi connectivity index (χ3n) is 12.9.